The van der Waals surface area contributed by atoms with Crippen LogP contribution in [0.4, 0.5) is 13.2 Å². The van der Waals surface area contributed by atoms with Gasteiger partial charge in [-0.25, -0.2) is 4.99 Å². The molecule has 0 saturated carbocycles. The van der Waals surface area contributed by atoms with Gasteiger partial charge in [0.25, 0.3) is 0 Å². The third kappa shape index (κ3) is 2.45. The van der Waals surface area contributed by atoms with E-state index < -0.39 is 23.9 Å². The normalized spacial score (nSPS) is 28.4. The van der Waals surface area contributed by atoms with E-state index in [-0.39, 0.29) is 0 Å². The zero-order chi connectivity index (χ0) is 16.9. The van der Waals surface area contributed by atoms with Crippen LogP contribution < -0.4 is 10.1 Å². The summed E-state index contributed by atoms with van der Waals surface area (Å²) in [4.78, 5) is 10.7. The van der Waals surface area contributed by atoms with E-state index in [1.165, 1.54) is 12.4 Å². The lowest BCUT2D eigenvalue weighted by atomic mass is 10.00. The van der Waals surface area contributed by atoms with Crippen molar-refractivity contribution in [2.24, 2.45) is 9.98 Å². The number of likely N-dealkylation sites (tertiary alicyclic amines) is 1. The van der Waals surface area contributed by atoms with Crippen molar-refractivity contribution in [2.45, 2.75) is 30.8 Å². The summed E-state index contributed by atoms with van der Waals surface area (Å²) < 4.78 is 44.8. The van der Waals surface area contributed by atoms with E-state index in [2.05, 4.69) is 20.2 Å². The number of benzene rings is 1. The van der Waals surface area contributed by atoms with Crippen molar-refractivity contribution < 1.29 is 17.9 Å². The van der Waals surface area contributed by atoms with Gasteiger partial charge in [0, 0.05) is 24.7 Å². The number of likely N-dealkylation sites (N-methyl/N-ethyl adjacent to an activating group) is 1. The number of nitrogens with one attached hydrogen (secondary N) is 1. The highest BCUT2D eigenvalue weighted by molar-refractivity contribution is 5.96. The Kier molecular flexibility index (Phi) is 3.52. The molecule has 1 saturated heterocycles. The number of hydrogen-bond donors (Lipinski definition) is 1. The summed E-state index contributed by atoms with van der Waals surface area (Å²) in [6.45, 7) is 1.65. The molecule has 5 nitrogen and oxygen atoms in total. The van der Waals surface area contributed by atoms with Gasteiger partial charge in [-0.15, -0.1) is 0 Å². The van der Waals surface area contributed by atoms with E-state index in [1.54, 1.807) is 0 Å². The molecule has 0 aromatic heterocycles. The molecule has 1 fully saturated rings. The van der Waals surface area contributed by atoms with Crippen molar-refractivity contribution in [3.05, 3.63) is 29.3 Å². The second-order valence-corrected chi connectivity index (χ2v) is 6.21. The Morgan fingerprint density at radius 1 is 1.33 bits per heavy atom. The number of hydrogen-bond acceptors (Lipinski definition) is 5. The largest absolute Gasteiger partial charge is 0.479 e. The van der Waals surface area contributed by atoms with Crippen LogP contribution in [-0.2, 0) is 6.18 Å². The van der Waals surface area contributed by atoms with Crippen molar-refractivity contribution >= 4 is 12.2 Å². The molecule has 24 heavy (non-hydrogen) atoms. The van der Waals surface area contributed by atoms with E-state index >= 15 is 0 Å². The monoisotopic (exact) mass is 338 g/mol. The molecule has 4 rings (SSSR count). The predicted octanol–water partition coefficient (Wildman–Crippen LogP) is 2.24. The quantitative estimate of drug-likeness (QED) is 0.854. The number of rotatable bonds is 1. The smallest absolute Gasteiger partial charge is 0.416 e. The molecule has 128 valence electrons. The average molecular weight is 338 g/mol. The minimum Gasteiger partial charge on any atom is -0.479 e. The lowest BCUT2D eigenvalue weighted by Crippen LogP contribution is -2.44. The molecule has 0 aliphatic carbocycles. The molecular formula is C16H17F3N4O. The van der Waals surface area contributed by atoms with Crippen LogP contribution in [0.3, 0.4) is 0 Å². The van der Waals surface area contributed by atoms with Crippen LogP contribution in [0.15, 0.2) is 28.2 Å². The summed E-state index contributed by atoms with van der Waals surface area (Å²) in [7, 11) is 1.92. The van der Waals surface area contributed by atoms with Crippen molar-refractivity contribution in [2.75, 3.05) is 20.1 Å². The first-order valence-corrected chi connectivity index (χ1v) is 7.86. The molecule has 1 N–H and O–H groups in total. The first kappa shape index (κ1) is 15.4. The molecule has 3 aliphatic heterocycles. The topological polar surface area (TPSA) is 49.2 Å². The van der Waals surface area contributed by atoms with Gasteiger partial charge in [0.2, 0.25) is 0 Å². The maximum Gasteiger partial charge on any atom is 0.416 e. The summed E-state index contributed by atoms with van der Waals surface area (Å²) in [6, 6.07) is 3.47. The van der Waals surface area contributed by atoms with E-state index in [0.29, 0.717) is 17.4 Å². The summed E-state index contributed by atoms with van der Waals surface area (Å²) >= 11 is 0. The van der Waals surface area contributed by atoms with Crippen LogP contribution >= 0.6 is 0 Å². The van der Waals surface area contributed by atoms with Crippen molar-refractivity contribution in [1.29, 1.82) is 0 Å². The Morgan fingerprint density at radius 2 is 2.17 bits per heavy atom. The summed E-state index contributed by atoms with van der Waals surface area (Å²) in [5, 5.41) is 3.24. The van der Waals surface area contributed by atoms with Crippen molar-refractivity contribution in [3.63, 3.8) is 0 Å². The Labute approximate surface area is 137 Å². The van der Waals surface area contributed by atoms with Gasteiger partial charge in [-0.05, 0) is 31.7 Å². The molecule has 0 radical (unpaired) electrons. The van der Waals surface area contributed by atoms with Crippen LogP contribution in [0.25, 0.3) is 0 Å². The van der Waals surface area contributed by atoms with Gasteiger partial charge in [-0.2, -0.15) is 13.2 Å². The van der Waals surface area contributed by atoms with Gasteiger partial charge in [0.05, 0.1) is 5.56 Å². The zero-order valence-electron chi connectivity index (χ0n) is 13.0. The fourth-order valence-electron chi connectivity index (χ4n) is 3.48. The maximum absolute atomic E-state index is 13.0. The second kappa shape index (κ2) is 5.47. The average Bonchev–Trinajstić information content (AvgIpc) is 3.17. The number of amidine groups is 1. The molecule has 1 aromatic rings. The van der Waals surface area contributed by atoms with Crippen LogP contribution in [0.1, 0.15) is 23.6 Å². The molecule has 3 atom stereocenters. The fraction of sp³-hybridized carbons (Fsp3) is 0.500. The van der Waals surface area contributed by atoms with Gasteiger partial charge in [0.15, 0.2) is 6.10 Å². The first-order valence-electron chi connectivity index (χ1n) is 7.86. The van der Waals surface area contributed by atoms with Gasteiger partial charge >= 0.3 is 6.18 Å². The van der Waals surface area contributed by atoms with Gasteiger partial charge in [0.1, 0.15) is 24.0 Å². The number of aliphatic imine (C=N–C) groups is 2. The highest BCUT2D eigenvalue weighted by Crippen LogP contribution is 2.44. The molecule has 0 amide bonds. The summed E-state index contributed by atoms with van der Waals surface area (Å²) in [5.74, 6) is 1.20. The third-order valence-corrected chi connectivity index (χ3v) is 4.79. The van der Waals surface area contributed by atoms with Crippen LogP contribution in [0, 0.1) is 0 Å². The predicted molar refractivity (Wildman–Crippen MR) is 83.6 cm³/mol. The number of alkyl halides is 3. The Hall–Kier alpha value is -2.09. The Morgan fingerprint density at radius 3 is 2.88 bits per heavy atom. The second-order valence-electron chi connectivity index (χ2n) is 6.21. The zero-order valence-corrected chi connectivity index (χ0v) is 13.0. The van der Waals surface area contributed by atoms with Crippen LogP contribution in [0.2, 0.25) is 0 Å². The highest BCUT2D eigenvalue weighted by Gasteiger charge is 2.44. The Balaban J connectivity index is 1.62. The molecule has 3 heterocycles. The van der Waals surface area contributed by atoms with Crippen molar-refractivity contribution in [1.82, 2.24) is 10.2 Å². The Bertz CT molecular complexity index is 716. The van der Waals surface area contributed by atoms with Crippen molar-refractivity contribution in [3.8, 4) is 5.75 Å². The summed E-state index contributed by atoms with van der Waals surface area (Å²) in [5.41, 5.74) is -0.205. The lowest BCUT2D eigenvalue weighted by Gasteiger charge is -2.28. The van der Waals surface area contributed by atoms with E-state index in [9.17, 15) is 13.2 Å². The standard InChI is InChI=1S/C16H17F3N4O/c1-20-10-4-5-23(7-10)15-14-13(21-8-22-15)11-6-9(16(17,18)19)2-3-12(11)24-14/h2-3,6,8,10,13-14,20H,4-5,7H2,1H3/t10-,13?,14?/m1/s1. The number of nitrogens with zero attached hydrogens (tertiary/aromatic N) is 3. The molecule has 8 heteroatoms. The molecule has 0 bridgehead atoms. The maximum atomic E-state index is 13.0. The molecular weight excluding hydrogens is 321 g/mol. The van der Waals surface area contributed by atoms with Gasteiger partial charge < -0.3 is 15.0 Å². The van der Waals surface area contributed by atoms with Crippen LogP contribution in [0.5, 0.6) is 5.75 Å². The number of fused-ring (bicyclic) bond motifs is 3. The van der Waals surface area contributed by atoms with Gasteiger partial charge in [-0.3, -0.25) is 4.99 Å². The SMILES string of the molecule is CN[C@@H]1CCN(C2=NC=NC3c4cc(C(F)(F)F)ccc4OC23)C1. The molecule has 2 unspecified atom stereocenters. The van der Waals surface area contributed by atoms with Crippen LogP contribution in [-0.4, -0.2) is 49.4 Å². The summed E-state index contributed by atoms with van der Waals surface area (Å²) in [6.07, 6.45) is -2.40. The lowest BCUT2D eigenvalue weighted by molar-refractivity contribution is -0.137. The fourth-order valence-corrected chi connectivity index (χ4v) is 3.48. The van der Waals surface area contributed by atoms with E-state index in [4.69, 9.17) is 4.74 Å². The number of ether oxygens (including phenoxy) is 1. The number of halogens is 3. The minimum absolute atomic E-state index is 0.380. The molecule has 3 aliphatic rings. The first-order chi connectivity index (χ1) is 11.5. The third-order valence-electron chi connectivity index (χ3n) is 4.79. The van der Waals surface area contributed by atoms with E-state index in [1.807, 2.05) is 7.05 Å². The van der Waals surface area contributed by atoms with E-state index in [0.717, 1.165) is 37.5 Å². The highest BCUT2D eigenvalue weighted by atomic mass is 19.4. The molecule has 0 spiro atoms. The van der Waals surface area contributed by atoms with Gasteiger partial charge in [-0.1, -0.05) is 0 Å². The molecule has 1 aromatic carbocycles. The minimum atomic E-state index is -4.38.